The first-order chi connectivity index (χ1) is 8.22. The van der Waals surface area contributed by atoms with Crippen LogP contribution in [0.15, 0.2) is 18.3 Å². The number of anilines is 1. The van der Waals surface area contributed by atoms with Crippen LogP contribution in [0.4, 0.5) is 5.69 Å². The Bertz CT molecular complexity index is 364. The summed E-state index contributed by atoms with van der Waals surface area (Å²) in [6, 6.07) is 4.76. The van der Waals surface area contributed by atoms with Crippen molar-refractivity contribution in [1.29, 1.82) is 0 Å². The second-order valence-electron chi connectivity index (χ2n) is 4.88. The standard InChI is InChI=1S/C13H22N4/c1-16(2)11-5-4-8-17(10-11)13-6-3-7-15-12(13)9-14/h3,6-7,11H,4-5,8-10,14H2,1-2H3. The lowest BCUT2D eigenvalue weighted by Gasteiger charge is -2.38. The minimum atomic E-state index is 0.513. The molecule has 1 aliphatic heterocycles. The van der Waals surface area contributed by atoms with Crippen molar-refractivity contribution < 1.29 is 0 Å². The molecule has 1 fully saturated rings. The monoisotopic (exact) mass is 234 g/mol. The van der Waals surface area contributed by atoms with E-state index >= 15 is 0 Å². The van der Waals surface area contributed by atoms with Crippen LogP contribution in [0.25, 0.3) is 0 Å². The third-order valence-electron chi connectivity index (χ3n) is 3.53. The number of nitrogens with two attached hydrogens (primary N) is 1. The molecule has 17 heavy (non-hydrogen) atoms. The molecular formula is C13H22N4. The van der Waals surface area contributed by atoms with Crippen molar-refractivity contribution in [2.75, 3.05) is 32.1 Å². The lowest BCUT2D eigenvalue weighted by Crippen LogP contribution is -2.45. The SMILES string of the molecule is CN(C)C1CCCN(c2cccnc2CN)C1. The van der Waals surface area contributed by atoms with Crippen LogP contribution in [-0.4, -0.2) is 43.1 Å². The van der Waals surface area contributed by atoms with Crippen LogP contribution < -0.4 is 10.6 Å². The molecule has 2 rings (SSSR count). The lowest BCUT2D eigenvalue weighted by molar-refractivity contribution is 0.258. The molecular weight excluding hydrogens is 212 g/mol. The number of piperidine rings is 1. The number of hydrogen-bond donors (Lipinski definition) is 1. The van der Waals surface area contributed by atoms with E-state index in [9.17, 15) is 0 Å². The van der Waals surface area contributed by atoms with Crippen molar-refractivity contribution in [2.45, 2.75) is 25.4 Å². The van der Waals surface area contributed by atoms with E-state index in [0.29, 0.717) is 12.6 Å². The largest absolute Gasteiger partial charge is 0.368 e. The Hall–Kier alpha value is -1.13. The number of rotatable bonds is 3. The zero-order valence-electron chi connectivity index (χ0n) is 10.8. The normalized spacial score (nSPS) is 20.9. The predicted molar refractivity (Wildman–Crippen MR) is 71.1 cm³/mol. The zero-order chi connectivity index (χ0) is 12.3. The average molecular weight is 234 g/mol. The van der Waals surface area contributed by atoms with Gasteiger partial charge >= 0.3 is 0 Å². The molecule has 94 valence electrons. The van der Waals surface area contributed by atoms with Crippen molar-refractivity contribution in [2.24, 2.45) is 5.73 Å². The highest BCUT2D eigenvalue weighted by molar-refractivity contribution is 5.51. The van der Waals surface area contributed by atoms with Gasteiger partial charge in [0.15, 0.2) is 0 Å². The number of nitrogens with zero attached hydrogens (tertiary/aromatic N) is 3. The molecule has 0 bridgehead atoms. The molecule has 0 saturated carbocycles. The van der Waals surface area contributed by atoms with E-state index < -0.39 is 0 Å². The molecule has 1 unspecified atom stereocenters. The summed E-state index contributed by atoms with van der Waals surface area (Å²) < 4.78 is 0. The summed E-state index contributed by atoms with van der Waals surface area (Å²) in [6.07, 6.45) is 4.34. The Morgan fingerprint density at radius 1 is 1.53 bits per heavy atom. The van der Waals surface area contributed by atoms with Gasteiger partial charge in [0.05, 0.1) is 11.4 Å². The number of pyridine rings is 1. The summed E-state index contributed by atoms with van der Waals surface area (Å²) in [6.45, 7) is 2.70. The Balaban J connectivity index is 2.16. The second kappa shape index (κ2) is 5.47. The van der Waals surface area contributed by atoms with E-state index in [-0.39, 0.29) is 0 Å². The van der Waals surface area contributed by atoms with Gasteiger partial charge in [-0.1, -0.05) is 0 Å². The minimum Gasteiger partial charge on any atom is -0.368 e. The summed E-state index contributed by atoms with van der Waals surface area (Å²) in [5.74, 6) is 0. The van der Waals surface area contributed by atoms with E-state index in [4.69, 9.17) is 5.73 Å². The fourth-order valence-electron chi connectivity index (χ4n) is 2.47. The van der Waals surface area contributed by atoms with Crippen LogP contribution >= 0.6 is 0 Å². The van der Waals surface area contributed by atoms with Gasteiger partial charge in [0, 0.05) is 31.9 Å². The maximum Gasteiger partial charge on any atom is 0.0772 e. The Morgan fingerprint density at radius 3 is 3.06 bits per heavy atom. The highest BCUT2D eigenvalue weighted by atomic mass is 15.2. The molecule has 1 aliphatic rings. The molecule has 4 nitrogen and oxygen atoms in total. The Morgan fingerprint density at radius 2 is 2.35 bits per heavy atom. The topological polar surface area (TPSA) is 45.4 Å². The molecule has 1 saturated heterocycles. The van der Waals surface area contributed by atoms with Crippen LogP contribution in [0.2, 0.25) is 0 Å². The summed E-state index contributed by atoms with van der Waals surface area (Å²) in [4.78, 5) is 9.09. The summed E-state index contributed by atoms with van der Waals surface area (Å²) in [5, 5.41) is 0. The third-order valence-corrected chi connectivity index (χ3v) is 3.53. The van der Waals surface area contributed by atoms with Gasteiger partial charge in [0.1, 0.15) is 0 Å². The van der Waals surface area contributed by atoms with E-state index in [1.165, 1.54) is 18.5 Å². The van der Waals surface area contributed by atoms with Gasteiger partial charge in [-0.2, -0.15) is 0 Å². The summed E-state index contributed by atoms with van der Waals surface area (Å²) >= 11 is 0. The molecule has 1 atom stereocenters. The van der Waals surface area contributed by atoms with Crippen molar-refractivity contribution in [3.8, 4) is 0 Å². The first-order valence-electron chi connectivity index (χ1n) is 6.27. The Kier molecular flexibility index (Phi) is 3.97. The predicted octanol–water partition coefficient (Wildman–Crippen LogP) is 1.07. The maximum atomic E-state index is 5.75. The smallest absolute Gasteiger partial charge is 0.0772 e. The van der Waals surface area contributed by atoms with Gasteiger partial charge in [-0.05, 0) is 39.1 Å². The van der Waals surface area contributed by atoms with E-state index in [2.05, 4.69) is 34.9 Å². The number of hydrogen-bond acceptors (Lipinski definition) is 4. The second-order valence-corrected chi connectivity index (χ2v) is 4.88. The molecule has 0 amide bonds. The summed E-state index contributed by atoms with van der Waals surface area (Å²) in [5.41, 5.74) is 7.97. The van der Waals surface area contributed by atoms with Crippen molar-refractivity contribution in [1.82, 2.24) is 9.88 Å². The summed E-state index contributed by atoms with van der Waals surface area (Å²) in [7, 11) is 4.31. The molecule has 0 spiro atoms. The van der Waals surface area contributed by atoms with E-state index in [1.54, 1.807) is 0 Å². The molecule has 0 aliphatic carbocycles. The van der Waals surface area contributed by atoms with Crippen LogP contribution in [0.1, 0.15) is 18.5 Å². The molecule has 2 N–H and O–H groups in total. The molecule has 1 aromatic rings. The van der Waals surface area contributed by atoms with Gasteiger partial charge in [0.2, 0.25) is 0 Å². The fourth-order valence-corrected chi connectivity index (χ4v) is 2.47. The van der Waals surface area contributed by atoms with Gasteiger partial charge in [-0.3, -0.25) is 4.98 Å². The van der Waals surface area contributed by atoms with Gasteiger partial charge < -0.3 is 15.5 Å². The molecule has 4 heteroatoms. The Labute approximate surface area is 103 Å². The lowest BCUT2D eigenvalue weighted by atomic mass is 10.0. The molecule has 0 radical (unpaired) electrons. The van der Waals surface area contributed by atoms with Crippen LogP contribution in [0.5, 0.6) is 0 Å². The van der Waals surface area contributed by atoms with Gasteiger partial charge in [-0.15, -0.1) is 0 Å². The van der Waals surface area contributed by atoms with Gasteiger partial charge in [0.25, 0.3) is 0 Å². The average Bonchev–Trinajstić information content (AvgIpc) is 2.39. The highest BCUT2D eigenvalue weighted by Gasteiger charge is 2.22. The highest BCUT2D eigenvalue weighted by Crippen LogP contribution is 2.23. The van der Waals surface area contributed by atoms with Crippen molar-refractivity contribution in [3.05, 3.63) is 24.0 Å². The third kappa shape index (κ3) is 2.76. The zero-order valence-corrected chi connectivity index (χ0v) is 10.8. The maximum absolute atomic E-state index is 5.75. The first-order valence-corrected chi connectivity index (χ1v) is 6.27. The van der Waals surface area contributed by atoms with Crippen LogP contribution in [-0.2, 0) is 6.54 Å². The molecule has 1 aromatic heterocycles. The van der Waals surface area contributed by atoms with Crippen LogP contribution in [0.3, 0.4) is 0 Å². The quantitative estimate of drug-likeness (QED) is 0.850. The number of likely N-dealkylation sites (N-methyl/N-ethyl adjacent to an activating group) is 1. The van der Waals surface area contributed by atoms with E-state index in [0.717, 1.165) is 18.8 Å². The number of aromatic nitrogens is 1. The molecule has 2 heterocycles. The van der Waals surface area contributed by atoms with Crippen molar-refractivity contribution >= 4 is 5.69 Å². The van der Waals surface area contributed by atoms with Crippen LogP contribution in [0, 0.1) is 0 Å². The fraction of sp³-hybridized carbons (Fsp3) is 0.615. The van der Waals surface area contributed by atoms with E-state index in [1.807, 2.05) is 12.3 Å². The minimum absolute atomic E-state index is 0.513. The molecule has 0 aromatic carbocycles. The first kappa shape index (κ1) is 12.3. The van der Waals surface area contributed by atoms with Crippen molar-refractivity contribution in [3.63, 3.8) is 0 Å². The van der Waals surface area contributed by atoms with Gasteiger partial charge in [-0.25, -0.2) is 0 Å².